The van der Waals surface area contributed by atoms with Crippen LogP contribution in [-0.4, -0.2) is 26.2 Å². The van der Waals surface area contributed by atoms with E-state index in [4.69, 9.17) is 4.74 Å². The lowest BCUT2D eigenvalue weighted by atomic mass is 9.95. The number of carbonyl (C=O) groups is 1. The molecule has 7 nitrogen and oxygen atoms in total. The number of phenolic OH excluding ortho intramolecular Hbond substituents is 4. The molecule has 22 heavy (non-hydrogen) atoms. The van der Waals surface area contributed by atoms with Gasteiger partial charge in [0.25, 0.3) is 0 Å². The number of Topliss-reactive ketones (excluding diaryl/α,β-unsaturated/α-hetero) is 1. The highest BCUT2D eigenvalue weighted by atomic mass is 16.5. The molecule has 0 aliphatic carbocycles. The molecule has 2 aromatic carbocycles. The molecule has 2 aromatic rings. The molecule has 0 saturated carbocycles. The average molecular weight is 303 g/mol. The molecular weight excluding hydrogens is 292 g/mol. The van der Waals surface area contributed by atoms with Gasteiger partial charge in [-0.25, -0.2) is 0 Å². The van der Waals surface area contributed by atoms with Crippen molar-refractivity contribution in [2.75, 3.05) is 0 Å². The quantitative estimate of drug-likeness (QED) is 0.584. The minimum atomic E-state index is -0.862. The Morgan fingerprint density at radius 1 is 1.05 bits per heavy atom. The molecule has 0 amide bonds. The van der Waals surface area contributed by atoms with Gasteiger partial charge in [0.15, 0.2) is 23.0 Å². The number of phenols is 4. The Balaban J connectivity index is 2.04. The molecule has 1 heterocycles. The number of aromatic hydroxyl groups is 4. The van der Waals surface area contributed by atoms with Crippen LogP contribution >= 0.6 is 0 Å². The number of hydrogen-bond acceptors (Lipinski definition) is 7. The van der Waals surface area contributed by atoms with Gasteiger partial charge in [0.2, 0.25) is 0 Å². The van der Waals surface area contributed by atoms with Gasteiger partial charge in [0, 0.05) is 11.6 Å². The zero-order chi connectivity index (χ0) is 16.0. The molecule has 0 bridgehead atoms. The van der Waals surface area contributed by atoms with Crippen molar-refractivity contribution in [2.24, 2.45) is 0 Å². The highest BCUT2D eigenvalue weighted by Crippen LogP contribution is 2.43. The monoisotopic (exact) mass is 303 g/mol. The van der Waals surface area contributed by atoms with E-state index in [2.05, 4.69) is 0 Å². The van der Waals surface area contributed by atoms with Gasteiger partial charge in [-0.05, 0) is 18.2 Å². The predicted molar refractivity (Wildman–Crippen MR) is 71.3 cm³/mol. The van der Waals surface area contributed by atoms with Crippen molar-refractivity contribution in [3.8, 4) is 34.5 Å². The average Bonchev–Trinajstić information content (AvgIpc) is 2.42. The number of rotatable bonds is 1. The van der Waals surface area contributed by atoms with Gasteiger partial charge in [-0.2, -0.15) is 0 Å². The molecule has 3 rings (SSSR count). The third kappa shape index (κ3) is 2.12. The molecule has 1 aliphatic heterocycles. The Morgan fingerprint density at radius 3 is 2.32 bits per heavy atom. The van der Waals surface area contributed by atoms with Crippen molar-refractivity contribution in [3.05, 3.63) is 35.4 Å². The predicted octanol–water partition coefficient (Wildman–Crippen LogP) is 1.29. The molecular formula is C15H11O7-. The maximum absolute atomic E-state index is 12.1. The Kier molecular flexibility index (Phi) is 2.98. The van der Waals surface area contributed by atoms with Crippen molar-refractivity contribution in [3.63, 3.8) is 0 Å². The Bertz CT molecular complexity index is 759. The Labute approximate surface area is 124 Å². The van der Waals surface area contributed by atoms with Crippen molar-refractivity contribution < 1.29 is 35.1 Å². The summed E-state index contributed by atoms with van der Waals surface area (Å²) in [7, 11) is 0. The first-order valence-corrected chi connectivity index (χ1v) is 6.35. The SMILES string of the molecule is O=C1C[C@@H](c2cc(O)c(O)c(O)c2)Oc2cc(O)cc([O-])c21. The molecule has 0 fully saturated rings. The second kappa shape index (κ2) is 4.73. The first-order chi connectivity index (χ1) is 10.4. The van der Waals surface area contributed by atoms with Crippen LogP contribution in [-0.2, 0) is 0 Å². The minimum Gasteiger partial charge on any atom is -0.872 e. The standard InChI is InChI=1S/C15H12O7/c16-7-3-8(17)14-9(18)5-12(22-13(14)4-7)6-1-10(19)15(21)11(20)2-6/h1-4,12,16-17,19-21H,5H2/p-1/t12-/m0/s1. The second-order valence-corrected chi connectivity index (χ2v) is 4.96. The molecule has 0 radical (unpaired) electrons. The minimum absolute atomic E-state index is 0.0571. The van der Waals surface area contributed by atoms with E-state index in [0.717, 1.165) is 24.3 Å². The van der Waals surface area contributed by atoms with Gasteiger partial charge in [-0.1, -0.05) is 5.75 Å². The highest BCUT2D eigenvalue weighted by molar-refractivity contribution is 6.02. The van der Waals surface area contributed by atoms with Crippen molar-refractivity contribution in [2.45, 2.75) is 12.5 Å². The maximum Gasteiger partial charge on any atom is 0.200 e. The summed E-state index contributed by atoms with van der Waals surface area (Å²) in [6.07, 6.45) is -1.03. The largest absolute Gasteiger partial charge is 0.872 e. The number of carbonyl (C=O) groups excluding carboxylic acids is 1. The summed E-state index contributed by atoms with van der Waals surface area (Å²) in [6, 6.07) is 4.39. The summed E-state index contributed by atoms with van der Waals surface area (Å²) in [5.41, 5.74) is 0.115. The molecule has 1 atom stereocenters. The number of fused-ring (bicyclic) bond motifs is 1. The van der Waals surface area contributed by atoms with E-state index in [0.29, 0.717) is 0 Å². The van der Waals surface area contributed by atoms with Crippen LogP contribution in [0.2, 0.25) is 0 Å². The molecule has 0 spiro atoms. The van der Waals surface area contributed by atoms with E-state index in [-0.39, 0.29) is 29.0 Å². The van der Waals surface area contributed by atoms with Gasteiger partial charge in [0.1, 0.15) is 17.6 Å². The Morgan fingerprint density at radius 2 is 1.68 bits per heavy atom. The summed E-state index contributed by atoms with van der Waals surface area (Å²) in [5, 5.41) is 49.5. The van der Waals surface area contributed by atoms with Gasteiger partial charge in [-0.3, -0.25) is 4.79 Å². The first-order valence-electron chi connectivity index (χ1n) is 6.35. The normalized spacial score (nSPS) is 16.9. The van der Waals surface area contributed by atoms with Crippen LogP contribution in [0.25, 0.3) is 0 Å². The molecule has 4 N–H and O–H groups in total. The summed E-state index contributed by atoms with van der Waals surface area (Å²) in [6.45, 7) is 0. The van der Waals surface area contributed by atoms with Crippen LogP contribution in [0.4, 0.5) is 0 Å². The number of ketones is 1. The van der Waals surface area contributed by atoms with Crippen LogP contribution in [0.5, 0.6) is 34.5 Å². The fourth-order valence-electron chi connectivity index (χ4n) is 2.41. The molecule has 7 heteroatoms. The highest BCUT2D eigenvalue weighted by Gasteiger charge is 2.29. The van der Waals surface area contributed by atoms with E-state index in [1.807, 2.05) is 0 Å². The number of hydrogen-bond donors (Lipinski definition) is 4. The molecule has 0 saturated heterocycles. The smallest absolute Gasteiger partial charge is 0.200 e. The van der Waals surface area contributed by atoms with Crippen LogP contribution in [0, 0.1) is 0 Å². The third-order valence-electron chi connectivity index (χ3n) is 3.43. The summed E-state index contributed by atoms with van der Waals surface area (Å²) in [5.74, 6) is -3.27. The molecule has 1 aliphatic rings. The van der Waals surface area contributed by atoms with Crippen LogP contribution in [0.1, 0.15) is 28.4 Å². The lowest BCUT2D eigenvalue weighted by molar-refractivity contribution is -0.269. The molecule has 0 aromatic heterocycles. The van der Waals surface area contributed by atoms with Gasteiger partial charge in [0.05, 0.1) is 12.0 Å². The summed E-state index contributed by atoms with van der Waals surface area (Å²) < 4.78 is 5.52. The lowest BCUT2D eigenvalue weighted by Gasteiger charge is -2.28. The van der Waals surface area contributed by atoms with E-state index >= 15 is 0 Å². The van der Waals surface area contributed by atoms with Gasteiger partial charge < -0.3 is 30.3 Å². The molecule has 0 unspecified atom stereocenters. The third-order valence-corrected chi connectivity index (χ3v) is 3.43. The fraction of sp³-hybridized carbons (Fsp3) is 0.133. The second-order valence-electron chi connectivity index (χ2n) is 4.96. The fourth-order valence-corrected chi connectivity index (χ4v) is 2.41. The summed E-state index contributed by atoms with van der Waals surface area (Å²) >= 11 is 0. The van der Waals surface area contributed by atoms with Crippen molar-refractivity contribution >= 4 is 5.78 Å². The van der Waals surface area contributed by atoms with E-state index < -0.39 is 34.9 Å². The van der Waals surface area contributed by atoms with Crippen molar-refractivity contribution in [1.29, 1.82) is 0 Å². The van der Waals surface area contributed by atoms with E-state index in [9.17, 15) is 30.3 Å². The number of ether oxygens (including phenoxy) is 1. The zero-order valence-corrected chi connectivity index (χ0v) is 11.1. The zero-order valence-electron chi connectivity index (χ0n) is 11.1. The van der Waals surface area contributed by atoms with Crippen molar-refractivity contribution in [1.82, 2.24) is 0 Å². The van der Waals surface area contributed by atoms with Crippen LogP contribution in [0.15, 0.2) is 24.3 Å². The van der Waals surface area contributed by atoms with E-state index in [1.54, 1.807) is 0 Å². The maximum atomic E-state index is 12.1. The van der Waals surface area contributed by atoms with Gasteiger partial charge >= 0.3 is 0 Å². The lowest BCUT2D eigenvalue weighted by Crippen LogP contribution is -2.21. The first kappa shape index (κ1) is 13.9. The number of benzene rings is 2. The molecule has 114 valence electrons. The topological polar surface area (TPSA) is 130 Å². The van der Waals surface area contributed by atoms with Crippen LogP contribution in [0.3, 0.4) is 0 Å². The van der Waals surface area contributed by atoms with Crippen LogP contribution < -0.4 is 9.84 Å². The Hall–Kier alpha value is -3.09. The van der Waals surface area contributed by atoms with E-state index in [1.165, 1.54) is 0 Å². The summed E-state index contributed by atoms with van der Waals surface area (Å²) in [4.78, 5) is 12.1. The van der Waals surface area contributed by atoms with Gasteiger partial charge in [-0.15, -0.1) is 0 Å².